The van der Waals surface area contributed by atoms with Gasteiger partial charge in [0.05, 0.1) is 0 Å². The summed E-state index contributed by atoms with van der Waals surface area (Å²) in [6.07, 6.45) is 2.12. The van der Waals surface area contributed by atoms with E-state index in [4.69, 9.17) is 0 Å². The molecule has 0 radical (unpaired) electrons. The first-order chi connectivity index (χ1) is 26.1. The van der Waals surface area contributed by atoms with Crippen LogP contribution in [0.25, 0.3) is 21.5 Å². The van der Waals surface area contributed by atoms with Gasteiger partial charge >= 0.3 is 29.6 Å². The van der Waals surface area contributed by atoms with Gasteiger partial charge in [0.25, 0.3) is 0 Å². The van der Waals surface area contributed by atoms with E-state index in [0.29, 0.717) is 22.7 Å². The van der Waals surface area contributed by atoms with Crippen molar-refractivity contribution in [1.29, 1.82) is 0 Å². The van der Waals surface area contributed by atoms with E-state index in [0.717, 1.165) is 34.4 Å². The Morgan fingerprint density at radius 1 is 0.414 bits per heavy atom. The number of azo groups is 2. The second kappa shape index (κ2) is 19.2. The molecule has 58 heavy (non-hydrogen) atoms. The molecule has 298 valence electrons. The van der Waals surface area contributed by atoms with E-state index < -0.39 is 0 Å². The van der Waals surface area contributed by atoms with Crippen molar-refractivity contribution >= 4 is 44.3 Å². The first kappa shape index (κ1) is 48.1. The van der Waals surface area contributed by atoms with Crippen molar-refractivity contribution in [3.05, 3.63) is 120 Å². The van der Waals surface area contributed by atoms with Gasteiger partial charge in [-0.05, 0) is 92.8 Å². The van der Waals surface area contributed by atoms with Crippen LogP contribution in [0.15, 0.2) is 130 Å². The molecular weight excluding hydrogens is 772 g/mol. The molecule has 0 aliphatic carbocycles. The number of aromatic hydroxyl groups is 4. The summed E-state index contributed by atoms with van der Waals surface area (Å²) in [5, 5.41) is 60.8. The molecule has 0 spiro atoms. The van der Waals surface area contributed by atoms with Crippen LogP contribution < -0.4 is 29.6 Å². The summed E-state index contributed by atoms with van der Waals surface area (Å²) < 4.78 is 0. The van der Waals surface area contributed by atoms with Crippen molar-refractivity contribution < 1.29 is 67.3 Å². The molecule has 0 saturated heterocycles. The molecule has 8 nitrogen and oxygen atoms in total. The topological polar surface area (TPSA) is 130 Å². The van der Waals surface area contributed by atoms with Gasteiger partial charge in [0.2, 0.25) is 0 Å². The van der Waals surface area contributed by atoms with Crippen molar-refractivity contribution in [2.24, 2.45) is 31.3 Å². The maximum atomic E-state index is 10.3. The van der Waals surface area contributed by atoms with E-state index in [1.165, 1.54) is 11.1 Å². The summed E-state index contributed by atoms with van der Waals surface area (Å²) in [6, 6.07) is 33.1. The third-order valence-electron chi connectivity index (χ3n) is 9.73. The number of nitrogens with zero attached hydrogens (tertiary/aromatic N) is 4. The minimum Gasteiger partial charge on any atom is -0.506 e. The summed E-state index contributed by atoms with van der Waals surface area (Å²) in [7, 11) is 0. The zero-order valence-corrected chi connectivity index (χ0v) is 39.1. The van der Waals surface area contributed by atoms with Crippen LogP contribution in [0.1, 0.15) is 93.2 Å². The maximum absolute atomic E-state index is 10.3. The second-order valence-corrected chi connectivity index (χ2v) is 18.4. The molecule has 0 unspecified atom stereocenters. The minimum absolute atomic E-state index is 0. The molecular formula is C48H56CrN4NaO4+. The van der Waals surface area contributed by atoms with Crippen LogP contribution in [0.2, 0.25) is 0 Å². The zero-order valence-electron chi connectivity index (χ0n) is 35.8. The molecule has 0 fully saturated rings. The molecule has 0 aliphatic heterocycles. The summed E-state index contributed by atoms with van der Waals surface area (Å²) in [5.74, 6) is 0.233. The van der Waals surface area contributed by atoms with Crippen LogP contribution in [0.4, 0.5) is 22.7 Å². The summed E-state index contributed by atoms with van der Waals surface area (Å²) in [4.78, 5) is 0. The molecule has 6 aromatic rings. The van der Waals surface area contributed by atoms with Crippen LogP contribution in [0.5, 0.6) is 23.0 Å². The third-order valence-corrected chi connectivity index (χ3v) is 9.73. The van der Waals surface area contributed by atoms with Crippen LogP contribution in [-0.4, -0.2) is 20.4 Å². The van der Waals surface area contributed by atoms with Crippen molar-refractivity contribution in [1.82, 2.24) is 0 Å². The number of rotatable bonds is 8. The monoisotopic (exact) mass is 827 g/mol. The molecule has 0 atom stereocenters. The number of hydrogen-bond acceptors (Lipinski definition) is 8. The summed E-state index contributed by atoms with van der Waals surface area (Å²) in [6.45, 7) is 22.6. The Morgan fingerprint density at radius 2 is 0.759 bits per heavy atom. The normalized spacial score (nSPS) is 12.3. The fourth-order valence-electron chi connectivity index (χ4n) is 7.82. The smallest absolute Gasteiger partial charge is 0.506 e. The Morgan fingerprint density at radius 3 is 1.09 bits per heavy atom. The van der Waals surface area contributed by atoms with Gasteiger partial charge in [-0.25, -0.2) is 0 Å². The first-order valence-corrected chi connectivity index (χ1v) is 19.1. The Labute approximate surface area is 376 Å². The van der Waals surface area contributed by atoms with Crippen molar-refractivity contribution in [3.63, 3.8) is 0 Å². The van der Waals surface area contributed by atoms with E-state index in [9.17, 15) is 20.4 Å². The van der Waals surface area contributed by atoms with Crippen LogP contribution in [-0.2, 0) is 28.2 Å². The quantitative estimate of drug-likeness (QED) is 0.0899. The average Bonchev–Trinajstić information content (AvgIpc) is 3.10. The first-order valence-electron chi connectivity index (χ1n) is 19.1. The van der Waals surface area contributed by atoms with Gasteiger partial charge in [-0.2, -0.15) is 0 Å². The summed E-state index contributed by atoms with van der Waals surface area (Å²) in [5.41, 5.74) is 4.55. The molecule has 0 amide bonds. The Hall–Kier alpha value is -4.23. The number of phenolic OH excluding ortho intramolecular Hbond substituents is 4. The molecule has 6 aromatic carbocycles. The second-order valence-electron chi connectivity index (χ2n) is 18.4. The van der Waals surface area contributed by atoms with Crippen molar-refractivity contribution in [2.45, 2.75) is 92.9 Å². The molecule has 10 heteroatoms. The number of para-hydroxylation sites is 2. The molecule has 0 aromatic heterocycles. The molecule has 0 saturated carbocycles. The van der Waals surface area contributed by atoms with Crippen LogP contribution in [0.3, 0.4) is 0 Å². The van der Waals surface area contributed by atoms with Gasteiger partial charge in [0, 0.05) is 28.1 Å². The summed E-state index contributed by atoms with van der Waals surface area (Å²) >= 11 is 0. The van der Waals surface area contributed by atoms with E-state index in [1.807, 2.05) is 24.3 Å². The number of fused-ring (bicyclic) bond motifs is 2. The van der Waals surface area contributed by atoms with E-state index in [1.54, 1.807) is 60.7 Å². The SMILES string of the molecule is CC(C)(C)CC(C)(C)c1ccc2c(N=Nc3ccccc3O)c(O)ccc2c1.CC(C)(C)CC(C)(C)c1ccc2c(N=Nc3ccccc3O)c(O)ccc2c1.[Cr].[Na+]. The molecule has 6 rings (SSSR count). The molecule has 0 bridgehead atoms. The minimum atomic E-state index is 0. The fraction of sp³-hybridized carbons (Fsp3) is 0.333. The molecule has 0 heterocycles. The van der Waals surface area contributed by atoms with Gasteiger partial charge in [0.15, 0.2) is 0 Å². The standard InChI is InChI=1S/2C24H28N2O2.Cr.Na/c2*1-23(2,3)15-24(4,5)17-11-12-18-16(14-17)10-13-21(28)22(18)26-25-19-8-6-7-9-20(19)27;;/h2*6-14,27-28H,15H2,1-5H3;;/q;;;+1. The van der Waals surface area contributed by atoms with E-state index in [-0.39, 0.29) is 91.6 Å². The average molecular weight is 828 g/mol. The Kier molecular flexibility index (Phi) is 16.0. The van der Waals surface area contributed by atoms with E-state index >= 15 is 0 Å². The van der Waals surface area contributed by atoms with Crippen LogP contribution in [0, 0.1) is 10.8 Å². The molecule has 0 aliphatic rings. The Bertz CT molecular complexity index is 2240. The van der Waals surface area contributed by atoms with Gasteiger partial charge in [0.1, 0.15) is 45.7 Å². The number of phenols is 4. The van der Waals surface area contributed by atoms with Gasteiger partial charge in [-0.15, -0.1) is 20.5 Å². The number of benzene rings is 6. The fourth-order valence-corrected chi connectivity index (χ4v) is 7.82. The van der Waals surface area contributed by atoms with Gasteiger partial charge < -0.3 is 20.4 Å². The Balaban J connectivity index is 0.000000300. The van der Waals surface area contributed by atoms with Crippen molar-refractivity contribution in [2.75, 3.05) is 0 Å². The zero-order chi connectivity index (χ0) is 41.1. The maximum Gasteiger partial charge on any atom is 1.00 e. The van der Waals surface area contributed by atoms with Gasteiger partial charge in [-0.1, -0.05) is 142 Å². The predicted molar refractivity (Wildman–Crippen MR) is 230 cm³/mol. The van der Waals surface area contributed by atoms with E-state index in [2.05, 4.69) is 114 Å². The van der Waals surface area contributed by atoms with Gasteiger partial charge in [-0.3, -0.25) is 0 Å². The van der Waals surface area contributed by atoms with Crippen molar-refractivity contribution in [3.8, 4) is 23.0 Å². The third kappa shape index (κ3) is 12.4. The van der Waals surface area contributed by atoms with Crippen LogP contribution >= 0.6 is 0 Å². The largest absolute Gasteiger partial charge is 1.00 e. The number of hydrogen-bond donors (Lipinski definition) is 4. The predicted octanol–water partition coefficient (Wildman–Crippen LogP) is 11.8. The molecule has 4 N–H and O–H groups in total.